The maximum atomic E-state index is 13.3. The summed E-state index contributed by atoms with van der Waals surface area (Å²) in [6.45, 7) is 5.91. The molecule has 1 aliphatic rings. The number of carbonyl (C=O) groups is 4. The van der Waals surface area contributed by atoms with Gasteiger partial charge in [-0.2, -0.15) is 0 Å². The Balaban J connectivity index is 2.63. The van der Waals surface area contributed by atoms with E-state index in [0.717, 1.165) is 122 Å². The number of aliphatic hydroxyl groups is 2. The fraction of sp³-hybridized carbons (Fsp3) is 0.787. The Morgan fingerprint density at radius 1 is 0.391 bits per heavy atom. The molecule has 0 aromatic heterocycles. The quantitative estimate of drug-likeness (QED) is 0.0228. The third-order valence-corrected chi connectivity index (χ3v) is 16.3. The number of carboxylic acids is 1. The van der Waals surface area contributed by atoms with Gasteiger partial charge in [-0.25, -0.2) is 4.79 Å². The van der Waals surface area contributed by atoms with Gasteiger partial charge in [0.25, 0.3) is 0 Å². The summed E-state index contributed by atoms with van der Waals surface area (Å²) in [5.41, 5.74) is 0. The lowest BCUT2D eigenvalue weighted by Gasteiger charge is -2.40. The van der Waals surface area contributed by atoms with E-state index in [9.17, 15) is 34.5 Å². The largest absolute Gasteiger partial charge is 0.479 e. The molecule has 0 saturated carbocycles. The molecule has 87 heavy (non-hydrogen) atoms. The molecular formula is C75H130O12. The average molecular weight is 1220 g/mol. The smallest absolute Gasteiger partial charge is 0.335 e. The summed E-state index contributed by atoms with van der Waals surface area (Å²) in [6, 6.07) is 0. The lowest BCUT2D eigenvalue weighted by atomic mass is 9.98. The van der Waals surface area contributed by atoms with E-state index in [0.29, 0.717) is 19.3 Å². The second-order valence-corrected chi connectivity index (χ2v) is 24.5. The molecule has 12 nitrogen and oxygen atoms in total. The fourth-order valence-corrected chi connectivity index (χ4v) is 10.8. The van der Waals surface area contributed by atoms with Gasteiger partial charge in [-0.1, -0.05) is 293 Å². The summed E-state index contributed by atoms with van der Waals surface area (Å²) >= 11 is 0. The predicted octanol–water partition coefficient (Wildman–Crippen LogP) is 20.0. The van der Waals surface area contributed by atoms with E-state index in [1.807, 2.05) is 0 Å². The third-order valence-electron chi connectivity index (χ3n) is 16.3. The van der Waals surface area contributed by atoms with Gasteiger partial charge >= 0.3 is 23.9 Å². The van der Waals surface area contributed by atoms with Gasteiger partial charge in [0.15, 0.2) is 24.6 Å². The normalized spacial score (nSPS) is 17.7. The zero-order valence-corrected chi connectivity index (χ0v) is 55.8. The van der Waals surface area contributed by atoms with Gasteiger partial charge in [-0.05, 0) is 89.9 Å². The summed E-state index contributed by atoms with van der Waals surface area (Å²) in [5, 5.41) is 31.7. The van der Waals surface area contributed by atoms with E-state index in [4.69, 9.17) is 23.7 Å². The second-order valence-electron chi connectivity index (χ2n) is 24.5. The lowest BCUT2D eigenvalue weighted by Crippen LogP contribution is -2.61. The molecule has 502 valence electrons. The zero-order valence-electron chi connectivity index (χ0n) is 55.8. The van der Waals surface area contributed by atoms with Crippen LogP contribution in [0.5, 0.6) is 0 Å². The monoisotopic (exact) mass is 1220 g/mol. The highest BCUT2D eigenvalue weighted by molar-refractivity contribution is 5.74. The van der Waals surface area contributed by atoms with Crippen LogP contribution in [0.4, 0.5) is 0 Å². The number of esters is 3. The minimum atomic E-state index is -1.91. The first-order valence-electron chi connectivity index (χ1n) is 35.9. The van der Waals surface area contributed by atoms with Crippen molar-refractivity contribution in [2.75, 3.05) is 13.2 Å². The molecule has 6 unspecified atom stereocenters. The number of allylic oxidation sites excluding steroid dienone is 12. The minimum absolute atomic E-state index is 0.0545. The molecular weight excluding hydrogens is 1090 g/mol. The summed E-state index contributed by atoms with van der Waals surface area (Å²) in [4.78, 5) is 51.5. The van der Waals surface area contributed by atoms with Crippen LogP contribution in [-0.2, 0) is 42.9 Å². The summed E-state index contributed by atoms with van der Waals surface area (Å²) in [7, 11) is 0. The number of hydrogen-bond acceptors (Lipinski definition) is 11. The van der Waals surface area contributed by atoms with Crippen LogP contribution in [0.1, 0.15) is 329 Å². The number of rotatable bonds is 62. The molecule has 1 saturated heterocycles. The maximum Gasteiger partial charge on any atom is 0.335 e. The number of unbranched alkanes of at least 4 members (excludes halogenated alkanes) is 36. The molecule has 1 rings (SSSR count). The topological polar surface area (TPSA) is 175 Å². The maximum absolute atomic E-state index is 13.3. The van der Waals surface area contributed by atoms with E-state index in [1.54, 1.807) is 0 Å². The molecule has 0 radical (unpaired) electrons. The van der Waals surface area contributed by atoms with Crippen LogP contribution in [0, 0.1) is 0 Å². The fourth-order valence-electron chi connectivity index (χ4n) is 10.8. The molecule has 1 heterocycles. The molecule has 0 aromatic rings. The third kappa shape index (κ3) is 51.6. The van der Waals surface area contributed by atoms with Crippen LogP contribution in [0.3, 0.4) is 0 Å². The Kier molecular flexibility index (Phi) is 58.2. The first-order valence-corrected chi connectivity index (χ1v) is 35.9. The number of ether oxygens (including phenoxy) is 5. The number of carbonyl (C=O) groups excluding carboxylic acids is 3. The first-order chi connectivity index (χ1) is 42.6. The summed E-state index contributed by atoms with van der Waals surface area (Å²) in [6.07, 6.45) is 68.5. The molecule has 3 N–H and O–H groups in total. The van der Waals surface area contributed by atoms with E-state index in [-0.39, 0.29) is 25.9 Å². The van der Waals surface area contributed by atoms with Crippen LogP contribution < -0.4 is 0 Å². The Morgan fingerprint density at radius 2 is 0.724 bits per heavy atom. The highest BCUT2D eigenvalue weighted by atomic mass is 16.7. The highest BCUT2D eigenvalue weighted by Gasteiger charge is 2.50. The van der Waals surface area contributed by atoms with Crippen LogP contribution in [0.25, 0.3) is 0 Å². The molecule has 12 heteroatoms. The van der Waals surface area contributed by atoms with E-state index in [2.05, 4.69) is 93.7 Å². The number of carboxylic acid groups (broad SMARTS) is 1. The van der Waals surface area contributed by atoms with Crippen molar-refractivity contribution in [3.05, 3.63) is 72.9 Å². The molecule has 0 bridgehead atoms. The summed E-state index contributed by atoms with van der Waals surface area (Å²) in [5.74, 6) is -3.11. The second kappa shape index (κ2) is 62.4. The number of aliphatic hydroxyl groups excluding tert-OH is 2. The van der Waals surface area contributed by atoms with Crippen molar-refractivity contribution in [1.29, 1.82) is 0 Å². The Morgan fingerprint density at radius 3 is 1.13 bits per heavy atom. The molecule has 0 amide bonds. The van der Waals surface area contributed by atoms with Crippen molar-refractivity contribution in [1.82, 2.24) is 0 Å². The van der Waals surface area contributed by atoms with Gasteiger partial charge in [-0.3, -0.25) is 14.4 Å². The van der Waals surface area contributed by atoms with Crippen LogP contribution >= 0.6 is 0 Å². The van der Waals surface area contributed by atoms with Crippen molar-refractivity contribution >= 4 is 23.9 Å². The van der Waals surface area contributed by atoms with Crippen LogP contribution in [-0.4, -0.2) is 89.2 Å². The van der Waals surface area contributed by atoms with Crippen molar-refractivity contribution in [3.8, 4) is 0 Å². The molecule has 1 fully saturated rings. The Labute approximate surface area is 531 Å². The Bertz CT molecular complexity index is 1790. The van der Waals surface area contributed by atoms with Crippen molar-refractivity contribution in [2.24, 2.45) is 0 Å². The van der Waals surface area contributed by atoms with Crippen molar-refractivity contribution in [3.63, 3.8) is 0 Å². The molecule has 0 aromatic carbocycles. The van der Waals surface area contributed by atoms with Crippen molar-refractivity contribution in [2.45, 2.75) is 366 Å². The van der Waals surface area contributed by atoms with Gasteiger partial charge < -0.3 is 39.0 Å². The average Bonchev–Trinajstić information content (AvgIpc) is 2.56. The zero-order chi connectivity index (χ0) is 63.1. The van der Waals surface area contributed by atoms with E-state index >= 15 is 0 Å². The van der Waals surface area contributed by atoms with Crippen molar-refractivity contribution < 1.29 is 58.2 Å². The summed E-state index contributed by atoms with van der Waals surface area (Å²) < 4.78 is 28.7. The van der Waals surface area contributed by atoms with Gasteiger partial charge in [0, 0.05) is 19.3 Å². The molecule has 0 aliphatic carbocycles. The standard InChI is InChI=1S/C75H130O12/c1-4-7-10-13-16-19-22-25-28-31-34-37-40-43-46-49-52-55-58-61-67(76)83-64-66(85-68(77)62-59-56-53-50-47-44-41-38-35-32-29-26-23-20-17-14-11-8-5-2)65-84-75-73(71(80)70(79)72(87-75)74(81)82)86-69(78)63-60-57-54-51-48-45-42-39-36-33-30-27-24-21-18-15-12-9-6-3/h7,10,16,18-19,21,25,27-28,30,34,37,66,70-73,75,79-80H,4-6,8-9,11-15,17,20,22-24,26,29,31-33,35-36,38-65H2,1-3H3,(H,81,82)/b10-7-,19-16-,21-18-,28-25-,30-27-,37-34-. The van der Waals surface area contributed by atoms with Crippen LogP contribution in [0.15, 0.2) is 72.9 Å². The lowest BCUT2D eigenvalue weighted by molar-refractivity contribution is -0.301. The van der Waals surface area contributed by atoms with Crippen LogP contribution in [0.2, 0.25) is 0 Å². The van der Waals surface area contributed by atoms with Gasteiger partial charge in [0.05, 0.1) is 6.61 Å². The SMILES string of the molecule is CC/C=C\C/C=C\C/C=C\C/C=C\CCCCCCCCC(=O)OCC(COC1OC(C(=O)O)C(O)C(O)C1OC(=O)CCCCCCCCCCC/C=C\C/C=C\CCCCC)OC(=O)CCCCCCCCCCCCCCCCCCCCC. The molecule has 0 spiro atoms. The van der Waals surface area contributed by atoms with Gasteiger partial charge in [0.1, 0.15) is 18.8 Å². The van der Waals surface area contributed by atoms with E-state index in [1.165, 1.54) is 148 Å². The minimum Gasteiger partial charge on any atom is -0.479 e. The number of hydrogen-bond donors (Lipinski definition) is 3. The highest BCUT2D eigenvalue weighted by Crippen LogP contribution is 2.27. The molecule has 6 atom stereocenters. The van der Waals surface area contributed by atoms with E-state index < -0.39 is 67.3 Å². The Hall–Kier alpha value is -3.84. The van der Waals surface area contributed by atoms with Gasteiger partial charge in [0.2, 0.25) is 0 Å². The van der Waals surface area contributed by atoms with Gasteiger partial charge in [-0.15, -0.1) is 0 Å². The first kappa shape index (κ1) is 81.2. The predicted molar refractivity (Wildman–Crippen MR) is 358 cm³/mol. The molecule has 1 aliphatic heterocycles. The number of aliphatic carboxylic acids is 1.